The van der Waals surface area contributed by atoms with Crippen molar-refractivity contribution in [1.29, 1.82) is 0 Å². The second-order valence-corrected chi connectivity index (χ2v) is 9.37. The summed E-state index contributed by atoms with van der Waals surface area (Å²) in [6.45, 7) is 6.05. The van der Waals surface area contributed by atoms with Crippen LogP contribution in [0.2, 0.25) is 0 Å². The Kier molecular flexibility index (Phi) is 6.19. The van der Waals surface area contributed by atoms with E-state index in [0.717, 1.165) is 24.4 Å². The molecule has 4 nitrogen and oxygen atoms in total. The van der Waals surface area contributed by atoms with Gasteiger partial charge >= 0.3 is 6.09 Å². The van der Waals surface area contributed by atoms with Gasteiger partial charge in [0.05, 0.1) is 5.69 Å². The van der Waals surface area contributed by atoms with Crippen LogP contribution >= 0.6 is 38.5 Å². The van der Waals surface area contributed by atoms with E-state index in [9.17, 15) is 9.90 Å². The zero-order chi connectivity index (χ0) is 20.5. The van der Waals surface area contributed by atoms with Crippen LogP contribution in [0.25, 0.3) is 10.8 Å². The Morgan fingerprint density at radius 3 is 2.43 bits per heavy atom. The summed E-state index contributed by atoms with van der Waals surface area (Å²) >= 11 is 5.84. The van der Waals surface area contributed by atoms with Crippen molar-refractivity contribution in [3.8, 4) is 5.75 Å². The van der Waals surface area contributed by atoms with Crippen LogP contribution < -0.4 is 9.64 Å². The Labute approximate surface area is 186 Å². The Bertz CT molecular complexity index is 1020. The third-order valence-corrected chi connectivity index (χ3v) is 6.12. The van der Waals surface area contributed by atoms with Crippen LogP contribution in [0.4, 0.5) is 10.5 Å². The van der Waals surface area contributed by atoms with Crippen molar-refractivity contribution in [2.75, 3.05) is 4.90 Å². The summed E-state index contributed by atoms with van der Waals surface area (Å²) in [5.41, 5.74) is 1.07. The summed E-state index contributed by atoms with van der Waals surface area (Å²) in [4.78, 5) is 13.5. The number of hydrogen-bond donors (Lipinski definition) is 1. The van der Waals surface area contributed by atoms with E-state index in [-0.39, 0.29) is 0 Å². The van der Waals surface area contributed by atoms with Gasteiger partial charge in [0.1, 0.15) is 12.4 Å². The average Bonchev–Trinajstić information content (AvgIpc) is 2.62. The smallest absolute Gasteiger partial charge is 0.412 e. The SMILES string of the molecule is CC(C)(C)N(C(=O)O)c1cc(OCc2ccccc2)c2c(Br)cccc2c1I. The minimum Gasteiger partial charge on any atom is -0.488 e. The van der Waals surface area contributed by atoms with Crippen molar-refractivity contribution in [3.63, 3.8) is 0 Å². The number of carbonyl (C=O) groups is 1. The number of fused-ring (bicyclic) bond motifs is 1. The van der Waals surface area contributed by atoms with Crippen LogP contribution in [0.15, 0.2) is 59.1 Å². The van der Waals surface area contributed by atoms with Crippen molar-refractivity contribution < 1.29 is 14.6 Å². The van der Waals surface area contributed by atoms with E-state index in [1.807, 2.05) is 75.4 Å². The molecule has 6 heteroatoms. The van der Waals surface area contributed by atoms with Crippen LogP contribution in [0, 0.1) is 3.57 Å². The van der Waals surface area contributed by atoms with Gasteiger partial charge in [-0.05, 0) is 55.0 Å². The average molecular weight is 554 g/mol. The lowest BCUT2D eigenvalue weighted by Gasteiger charge is -2.34. The molecule has 0 radical (unpaired) electrons. The Hall–Kier alpha value is -1.80. The summed E-state index contributed by atoms with van der Waals surface area (Å²) in [6, 6.07) is 17.6. The molecule has 0 unspecified atom stereocenters. The third-order valence-electron chi connectivity index (χ3n) is 4.33. The minimum atomic E-state index is -0.992. The highest BCUT2D eigenvalue weighted by Gasteiger charge is 2.31. The number of anilines is 1. The topological polar surface area (TPSA) is 49.8 Å². The lowest BCUT2D eigenvalue weighted by Crippen LogP contribution is -2.45. The summed E-state index contributed by atoms with van der Waals surface area (Å²) in [6.07, 6.45) is -0.992. The van der Waals surface area contributed by atoms with Crippen molar-refractivity contribution in [3.05, 3.63) is 68.2 Å². The fourth-order valence-electron chi connectivity index (χ4n) is 3.12. The third kappa shape index (κ3) is 4.27. The second kappa shape index (κ2) is 8.29. The van der Waals surface area contributed by atoms with E-state index >= 15 is 0 Å². The van der Waals surface area contributed by atoms with Crippen molar-refractivity contribution >= 4 is 61.1 Å². The van der Waals surface area contributed by atoms with E-state index in [2.05, 4.69) is 38.5 Å². The Morgan fingerprint density at radius 1 is 1.14 bits per heavy atom. The van der Waals surface area contributed by atoms with Crippen molar-refractivity contribution in [2.45, 2.75) is 32.9 Å². The molecule has 0 spiro atoms. The first-order valence-corrected chi connectivity index (χ1v) is 10.7. The molecule has 0 atom stereocenters. The maximum Gasteiger partial charge on any atom is 0.412 e. The monoisotopic (exact) mass is 553 g/mol. The molecule has 0 aliphatic rings. The van der Waals surface area contributed by atoms with Crippen LogP contribution in [0.5, 0.6) is 5.75 Å². The summed E-state index contributed by atoms with van der Waals surface area (Å²) < 4.78 is 7.96. The van der Waals surface area contributed by atoms with Gasteiger partial charge in [-0.2, -0.15) is 0 Å². The van der Waals surface area contributed by atoms with Gasteiger partial charge in [-0.25, -0.2) is 4.79 Å². The van der Waals surface area contributed by atoms with E-state index in [1.54, 1.807) is 0 Å². The van der Waals surface area contributed by atoms with Crippen LogP contribution in [-0.4, -0.2) is 16.7 Å². The first-order valence-electron chi connectivity index (χ1n) is 8.80. The number of carboxylic acid groups (broad SMARTS) is 1. The number of ether oxygens (including phenoxy) is 1. The van der Waals surface area contributed by atoms with Gasteiger partial charge in [-0.3, -0.25) is 4.90 Å². The lowest BCUT2D eigenvalue weighted by atomic mass is 10.0. The molecule has 1 N–H and O–H groups in total. The number of nitrogens with zero attached hydrogens (tertiary/aromatic N) is 1. The number of rotatable bonds is 4. The fraction of sp³-hybridized carbons (Fsp3) is 0.227. The molecule has 0 fully saturated rings. The van der Waals surface area contributed by atoms with Gasteiger partial charge in [0, 0.05) is 30.4 Å². The van der Waals surface area contributed by atoms with Gasteiger partial charge in [0.25, 0.3) is 0 Å². The first-order chi connectivity index (χ1) is 13.2. The van der Waals surface area contributed by atoms with Gasteiger partial charge in [0.2, 0.25) is 0 Å². The number of halogens is 2. The predicted octanol–water partition coefficient (Wildman–Crippen LogP) is 7.07. The molecule has 3 aromatic rings. The molecule has 146 valence electrons. The summed E-state index contributed by atoms with van der Waals surface area (Å²) in [5, 5.41) is 11.8. The summed E-state index contributed by atoms with van der Waals surface area (Å²) in [5.74, 6) is 0.650. The molecular formula is C22H21BrINO3. The molecule has 0 saturated carbocycles. The number of hydrogen-bond acceptors (Lipinski definition) is 2. The van der Waals surface area contributed by atoms with Crippen molar-refractivity contribution in [1.82, 2.24) is 0 Å². The quantitative estimate of drug-likeness (QED) is 0.351. The zero-order valence-corrected chi connectivity index (χ0v) is 19.6. The van der Waals surface area contributed by atoms with Gasteiger partial charge < -0.3 is 9.84 Å². The van der Waals surface area contributed by atoms with E-state index < -0.39 is 11.6 Å². The highest BCUT2D eigenvalue weighted by atomic mass is 127. The molecule has 3 rings (SSSR count). The highest BCUT2D eigenvalue weighted by molar-refractivity contribution is 14.1. The van der Waals surface area contributed by atoms with E-state index in [1.165, 1.54) is 4.90 Å². The molecule has 0 aromatic heterocycles. The Balaban J connectivity index is 2.18. The van der Waals surface area contributed by atoms with Crippen LogP contribution in [-0.2, 0) is 6.61 Å². The zero-order valence-electron chi connectivity index (χ0n) is 15.9. The minimum absolute atomic E-state index is 0.403. The number of amides is 1. The van der Waals surface area contributed by atoms with E-state index in [0.29, 0.717) is 18.0 Å². The molecule has 0 aliphatic heterocycles. The molecule has 0 heterocycles. The second-order valence-electron chi connectivity index (χ2n) is 7.43. The lowest BCUT2D eigenvalue weighted by molar-refractivity contribution is 0.195. The molecule has 0 aliphatic carbocycles. The van der Waals surface area contributed by atoms with Gasteiger partial charge in [-0.1, -0.05) is 58.4 Å². The summed E-state index contributed by atoms with van der Waals surface area (Å²) in [7, 11) is 0. The largest absolute Gasteiger partial charge is 0.488 e. The standard InChI is InChI=1S/C22H21BrINO3/c1-22(2,3)25(21(26)27)17-12-18(28-13-14-8-5-4-6-9-14)19-15(20(17)24)10-7-11-16(19)23/h4-12H,13H2,1-3H3,(H,26,27). The predicted molar refractivity (Wildman–Crippen MR) is 125 cm³/mol. The first kappa shape index (κ1) is 20.9. The van der Waals surface area contributed by atoms with Crippen molar-refractivity contribution in [2.24, 2.45) is 0 Å². The molecule has 0 saturated heterocycles. The van der Waals surface area contributed by atoms with Gasteiger partial charge in [0.15, 0.2) is 0 Å². The molecule has 0 bridgehead atoms. The van der Waals surface area contributed by atoms with Gasteiger partial charge in [-0.15, -0.1) is 0 Å². The van der Waals surface area contributed by atoms with E-state index in [4.69, 9.17) is 4.74 Å². The number of benzene rings is 3. The molecule has 28 heavy (non-hydrogen) atoms. The van der Waals surface area contributed by atoms with Crippen LogP contribution in [0.3, 0.4) is 0 Å². The fourth-order valence-corrected chi connectivity index (χ4v) is 4.53. The normalized spacial score (nSPS) is 11.5. The highest BCUT2D eigenvalue weighted by Crippen LogP contribution is 2.42. The maximum absolute atomic E-state index is 12.1. The Morgan fingerprint density at radius 2 is 1.82 bits per heavy atom. The van der Waals surface area contributed by atoms with Crippen LogP contribution in [0.1, 0.15) is 26.3 Å². The molecular weight excluding hydrogens is 533 g/mol. The maximum atomic E-state index is 12.1. The molecule has 1 amide bonds. The molecule has 3 aromatic carbocycles.